The van der Waals surface area contributed by atoms with Crippen LogP contribution in [-0.2, 0) is 6.18 Å². The first-order valence-corrected chi connectivity index (χ1v) is 39.9. The quantitative estimate of drug-likeness (QED) is 0.0889. The Balaban J connectivity index is 0.833. The Morgan fingerprint density at radius 1 is 0.228 bits per heavy atom. The fourth-order valence-corrected chi connectivity index (χ4v) is 16.1. The van der Waals surface area contributed by atoms with Gasteiger partial charge in [0.05, 0.1) is 50.6 Å². The zero-order valence-corrected chi connectivity index (χ0v) is 65.6. The van der Waals surface area contributed by atoms with Gasteiger partial charge in [-0.2, -0.15) is 18.4 Å². The molecule has 21 rings (SSSR count). The molecule has 0 saturated carbocycles. The van der Waals surface area contributed by atoms with Crippen molar-refractivity contribution in [2.75, 3.05) is 0 Å². The number of alkyl halides is 3. The summed E-state index contributed by atoms with van der Waals surface area (Å²) in [5, 5.41) is 14.5. The van der Waals surface area contributed by atoms with E-state index in [1.165, 1.54) is 6.07 Å². The highest BCUT2D eigenvalue weighted by molar-refractivity contribution is 6.14. The predicted molar refractivity (Wildman–Crippen MR) is 479 cm³/mol. The molecule has 0 radical (unpaired) electrons. The summed E-state index contributed by atoms with van der Waals surface area (Å²) in [4.78, 5) is 62.1. The van der Waals surface area contributed by atoms with Crippen LogP contribution in [0.25, 0.3) is 214 Å². The molecule has 0 fully saturated rings. The molecule has 123 heavy (non-hydrogen) atoms. The number of benzene rings is 15. The van der Waals surface area contributed by atoms with Crippen molar-refractivity contribution in [1.29, 1.82) is 5.26 Å². The molecule has 0 aliphatic carbocycles. The summed E-state index contributed by atoms with van der Waals surface area (Å²) in [5.41, 5.74) is 15.4. The topological polar surface area (TPSA) is 188 Å². The second kappa shape index (κ2) is 30.9. The van der Waals surface area contributed by atoms with Gasteiger partial charge in [0, 0.05) is 99.4 Å². The minimum Gasteiger partial charge on any atom is -0.309 e. The van der Waals surface area contributed by atoms with Crippen LogP contribution in [0.3, 0.4) is 0 Å². The fraction of sp³-hybridized carbons (Fsp3) is 0.0190. The normalized spacial score (nSPS) is 11.6. The maximum atomic E-state index is 15.3. The third kappa shape index (κ3) is 14.2. The standard InChI is InChI=1S/C105H64F3N15/c1-64-54-79(57-80(55-64)105(106,107)108)74-43-49-87(122-88-50-44-75(101-114-93(66-26-10-2-11-27-66)110-94(115-101)67-28-12-3-13-29-67)59-83(88)84-60-76(45-51-89(84)122)102-116-95(68-30-14-4-15-31-68)111-96(117-102)69-32-16-5-17-33-69)82(58-74)81-48-42-65(63-109)56-92(81)123-90-52-46-77(103-118-97(70-34-18-6-19-35-70)112-98(119-103)71-36-20-7-21-37-71)61-85(90)86-62-78(47-53-91(86)123)104-120-99(72-38-22-8-23-39-72)113-100(121-104)73-40-24-9-25-41-73/h2-62H,1H3. The van der Waals surface area contributed by atoms with Gasteiger partial charge in [0.25, 0.3) is 0 Å². The maximum absolute atomic E-state index is 15.3. The lowest BCUT2D eigenvalue weighted by molar-refractivity contribution is -0.137. The van der Waals surface area contributed by atoms with E-state index in [0.29, 0.717) is 137 Å². The summed E-state index contributed by atoms with van der Waals surface area (Å²) in [7, 11) is 0. The smallest absolute Gasteiger partial charge is 0.309 e. The largest absolute Gasteiger partial charge is 0.416 e. The van der Waals surface area contributed by atoms with E-state index in [4.69, 9.17) is 59.8 Å². The molecule has 580 valence electrons. The van der Waals surface area contributed by atoms with Gasteiger partial charge in [-0.1, -0.05) is 261 Å². The molecular formula is C105H64F3N15. The molecule has 0 amide bonds. The van der Waals surface area contributed by atoms with Crippen LogP contribution < -0.4 is 0 Å². The molecule has 6 heterocycles. The van der Waals surface area contributed by atoms with Gasteiger partial charge in [-0.25, -0.2) is 59.8 Å². The van der Waals surface area contributed by atoms with Crippen LogP contribution in [0.4, 0.5) is 13.2 Å². The van der Waals surface area contributed by atoms with Crippen LogP contribution in [0.1, 0.15) is 16.7 Å². The highest BCUT2D eigenvalue weighted by Gasteiger charge is 2.32. The molecular weight excluding hydrogens is 1530 g/mol. The Bertz CT molecular complexity index is 7130. The van der Waals surface area contributed by atoms with E-state index in [1.807, 2.05) is 309 Å². The third-order valence-electron chi connectivity index (χ3n) is 22.0. The summed E-state index contributed by atoms with van der Waals surface area (Å²) in [6.07, 6.45) is -4.67. The molecule has 0 saturated heterocycles. The van der Waals surface area contributed by atoms with Gasteiger partial charge < -0.3 is 9.13 Å². The lowest BCUT2D eigenvalue weighted by atomic mass is 9.93. The molecule has 0 aliphatic rings. The number of rotatable bonds is 16. The summed E-state index contributed by atoms with van der Waals surface area (Å²) in [6, 6.07) is 121. The van der Waals surface area contributed by atoms with Crippen molar-refractivity contribution in [3.05, 3.63) is 387 Å². The van der Waals surface area contributed by atoms with Crippen molar-refractivity contribution in [1.82, 2.24) is 68.9 Å². The number of fused-ring (bicyclic) bond motifs is 6. The number of nitrogens with zero attached hydrogens (tertiary/aromatic N) is 15. The van der Waals surface area contributed by atoms with Crippen LogP contribution in [0.15, 0.2) is 370 Å². The fourth-order valence-electron chi connectivity index (χ4n) is 16.1. The van der Waals surface area contributed by atoms with Gasteiger partial charge in [-0.3, -0.25) is 0 Å². The molecule has 0 N–H and O–H groups in total. The number of halogens is 3. The minimum absolute atomic E-state index is 0.340. The van der Waals surface area contributed by atoms with Gasteiger partial charge in [0.1, 0.15) is 0 Å². The second-order valence-electron chi connectivity index (χ2n) is 29.9. The summed E-state index contributed by atoms with van der Waals surface area (Å²) in [5.74, 6) is 5.59. The first-order chi connectivity index (χ1) is 60.4. The van der Waals surface area contributed by atoms with Gasteiger partial charge >= 0.3 is 6.18 Å². The summed E-state index contributed by atoms with van der Waals surface area (Å²) in [6.45, 7) is 1.67. The van der Waals surface area contributed by atoms with Crippen LogP contribution in [0, 0.1) is 18.3 Å². The summed E-state index contributed by atoms with van der Waals surface area (Å²) >= 11 is 0. The Kier molecular flexibility index (Phi) is 18.6. The van der Waals surface area contributed by atoms with Gasteiger partial charge in [-0.05, 0) is 133 Å². The van der Waals surface area contributed by atoms with Crippen LogP contribution in [0.5, 0.6) is 0 Å². The predicted octanol–water partition coefficient (Wildman–Crippen LogP) is 25.2. The van der Waals surface area contributed by atoms with E-state index in [9.17, 15) is 5.26 Å². The van der Waals surface area contributed by atoms with E-state index in [1.54, 1.807) is 19.1 Å². The molecule has 15 aromatic carbocycles. The Labute approximate surface area is 703 Å². The van der Waals surface area contributed by atoms with Crippen LogP contribution in [0.2, 0.25) is 0 Å². The Morgan fingerprint density at radius 2 is 0.488 bits per heavy atom. The average molecular weight is 1590 g/mol. The highest BCUT2D eigenvalue weighted by atomic mass is 19.4. The lowest BCUT2D eigenvalue weighted by Gasteiger charge is -2.20. The number of aromatic nitrogens is 14. The molecule has 0 atom stereocenters. The first-order valence-electron chi connectivity index (χ1n) is 39.9. The van der Waals surface area contributed by atoms with Gasteiger partial charge in [0.15, 0.2) is 69.9 Å². The minimum atomic E-state index is -4.67. The van der Waals surface area contributed by atoms with Gasteiger partial charge in [0.2, 0.25) is 0 Å². The van der Waals surface area contributed by atoms with Crippen LogP contribution >= 0.6 is 0 Å². The molecule has 0 bridgehead atoms. The van der Waals surface area contributed by atoms with E-state index in [0.717, 1.165) is 94.2 Å². The maximum Gasteiger partial charge on any atom is 0.416 e. The van der Waals surface area contributed by atoms with Gasteiger partial charge in [-0.15, -0.1) is 0 Å². The van der Waals surface area contributed by atoms with E-state index < -0.39 is 11.7 Å². The molecule has 0 spiro atoms. The van der Waals surface area contributed by atoms with Crippen molar-refractivity contribution < 1.29 is 13.2 Å². The number of hydrogen-bond acceptors (Lipinski definition) is 13. The monoisotopic (exact) mass is 1590 g/mol. The number of nitriles is 1. The summed E-state index contributed by atoms with van der Waals surface area (Å²) < 4.78 is 50.2. The van der Waals surface area contributed by atoms with E-state index in [2.05, 4.69) is 51.6 Å². The average Bonchev–Trinajstić information content (AvgIpc) is 1.58. The highest BCUT2D eigenvalue weighted by Crippen LogP contribution is 2.47. The van der Waals surface area contributed by atoms with Crippen molar-refractivity contribution in [3.63, 3.8) is 0 Å². The lowest BCUT2D eigenvalue weighted by Crippen LogP contribution is -2.05. The zero-order chi connectivity index (χ0) is 82.7. The Morgan fingerprint density at radius 3 is 0.756 bits per heavy atom. The SMILES string of the molecule is Cc1cc(-c2ccc(-n3c4ccc(-c5nc(-c6ccccc6)nc(-c6ccccc6)n5)cc4c4cc(-c5nc(-c6ccccc6)nc(-c6ccccc6)n5)ccc43)c(-c3ccc(C#N)cc3-n3c4ccc(-c5nc(-c6ccccc6)nc(-c6ccccc6)n5)cc4c4cc(-c5nc(-c6ccccc6)nc(-c6ccccc6)n5)ccc43)c2)cc(C(F)(F)F)c1. The van der Waals surface area contributed by atoms with E-state index >= 15 is 13.2 Å². The third-order valence-corrected chi connectivity index (χ3v) is 22.0. The molecule has 18 heteroatoms. The Hall–Kier alpha value is -16.8. The molecule has 0 aliphatic heterocycles. The molecule has 0 unspecified atom stereocenters. The second-order valence-corrected chi connectivity index (χ2v) is 29.9. The zero-order valence-electron chi connectivity index (χ0n) is 65.6. The van der Waals surface area contributed by atoms with Crippen molar-refractivity contribution >= 4 is 43.6 Å². The number of hydrogen-bond donors (Lipinski definition) is 0. The van der Waals surface area contributed by atoms with Crippen molar-refractivity contribution in [2.24, 2.45) is 0 Å². The molecule has 21 aromatic rings. The number of aryl methyl sites for hydroxylation is 1. The van der Waals surface area contributed by atoms with E-state index in [-0.39, 0.29) is 0 Å². The van der Waals surface area contributed by atoms with Crippen LogP contribution in [-0.4, -0.2) is 68.9 Å². The molecule has 15 nitrogen and oxygen atoms in total. The first kappa shape index (κ1) is 73.8. The van der Waals surface area contributed by atoms with Crippen molar-refractivity contribution in [2.45, 2.75) is 13.1 Å². The van der Waals surface area contributed by atoms with Crippen molar-refractivity contribution in [3.8, 4) is 176 Å². The molecule has 6 aromatic heterocycles.